The Morgan fingerprint density at radius 1 is 1.12 bits per heavy atom. The molecular formula is C19H25N3O2S. The van der Waals surface area contributed by atoms with Crippen molar-refractivity contribution < 1.29 is 8.95 Å². The average molecular weight is 359 g/mol. The number of hydrogen-bond acceptors (Lipinski definition) is 3. The molecule has 0 radical (unpaired) electrons. The predicted octanol–water partition coefficient (Wildman–Crippen LogP) is 3.75. The molecule has 2 aromatic carbocycles. The molecule has 0 aliphatic heterocycles. The van der Waals surface area contributed by atoms with E-state index in [-0.39, 0.29) is 4.75 Å². The summed E-state index contributed by atoms with van der Waals surface area (Å²) in [4.78, 5) is 4.24. The van der Waals surface area contributed by atoms with E-state index in [0.717, 1.165) is 11.4 Å². The van der Waals surface area contributed by atoms with E-state index in [0.29, 0.717) is 24.0 Å². The molecule has 1 atom stereocenters. The van der Waals surface area contributed by atoms with Gasteiger partial charge in [0, 0.05) is 33.1 Å². The van der Waals surface area contributed by atoms with E-state index in [2.05, 4.69) is 10.3 Å². The second-order valence-corrected chi connectivity index (χ2v) is 8.82. The maximum atomic E-state index is 12.0. The number of ether oxygens (including phenoxy) is 1. The number of guanidine groups is 1. The van der Waals surface area contributed by atoms with Crippen molar-refractivity contribution in [3.8, 4) is 11.5 Å². The van der Waals surface area contributed by atoms with Crippen molar-refractivity contribution in [2.24, 2.45) is 10.7 Å². The van der Waals surface area contributed by atoms with E-state index in [1.165, 1.54) is 0 Å². The molecule has 0 aliphatic rings. The summed E-state index contributed by atoms with van der Waals surface area (Å²) in [6, 6.07) is 17.1. The Bertz CT molecular complexity index is 740. The van der Waals surface area contributed by atoms with Crippen LogP contribution in [0.4, 0.5) is 5.69 Å². The van der Waals surface area contributed by atoms with Crippen molar-refractivity contribution in [1.29, 1.82) is 0 Å². The first-order valence-electron chi connectivity index (χ1n) is 8.13. The lowest BCUT2D eigenvalue weighted by Crippen LogP contribution is -2.27. The van der Waals surface area contributed by atoms with Crippen LogP contribution in [0.5, 0.6) is 11.5 Å². The molecule has 2 aromatic rings. The number of anilines is 1. The molecule has 2 rings (SSSR count). The van der Waals surface area contributed by atoms with Crippen LogP contribution in [0.25, 0.3) is 0 Å². The lowest BCUT2D eigenvalue weighted by molar-refractivity contribution is 0.483. The smallest absolute Gasteiger partial charge is 0.193 e. The van der Waals surface area contributed by atoms with Crippen LogP contribution in [0.15, 0.2) is 59.6 Å². The monoisotopic (exact) mass is 359 g/mol. The second kappa shape index (κ2) is 8.67. The van der Waals surface area contributed by atoms with E-state index in [1.807, 2.05) is 75.4 Å². The van der Waals surface area contributed by atoms with Crippen LogP contribution in [-0.2, 0) is 10.8 Å². The van der Waals surface area contributed by atoms with Crippen LogP contribution in [0.3, 0.4) is 0 Å². The first kappa shape index (κ1) is 19.0. The Morgan fingerprint density at radius 2 is 1.80 bits per heavy atom. The van der Waals surface area contributed by atoms with Crippen molar-refractivity contribution in [2.45, 2.75) is 25.5 Å². The standard InChI is InChI=1S/C19H25N3O2S/c1-19(2,3)25(23)13-12-21-18(20)22-15-8-7-11-17(14-15)24-16-9-5-4-6-10-16/h4-11,14H,12-13H2,1-3H3,(H3,20,21,22). The number of nitrogens with one attached hydrogen (secondary N) is 1. The summed E-state index contributed by atoms with van der Waals surface area (Å²) in [5, 5.41) is 3.03. The van der Waals surface area contributed by atoms with Crippen molar-refractivity contribution in [3.63, 3.8) is 0 Å². The molecule has 0 bridgehead atoms. The summed E-state index contributed by atoms with van der Waals surface area (Å²) >= 11 is 0. The van der Waals surface area contributed by atoms with E-state index in [4.69, 9.17) is 10.5 Å². The molecule has 25 heavy (non-hydrogen) atoms. The lowest BCUT2D eigenvalue weighted by Gasteiger charge is -2.16. The summed E-state index contributed by atoms with van der Waals surface area (Å²) in [5.41, 5.74) is 6.69. The first-order valence-corrected chi connectivity index (χ1v) is 9.45. The fraction of sp³-hybridized carbons (Fsp3) is 0.316. The van der Waals surface area contributed by atoms with Gasteiger partial charge in [-0.2, -0.15) is 0 Å². The minimum Gasteiger partial charge on any atom is -0.457 e. The van der Waals surface area contributed by atoms with Gasteiger partial charge in [-0.1, -0.05) is 24.3 Å². The quantitative estimate of drug-likeness (QED) is 0.608. The predicted molar refractivity (Wildman–Crippen MR) is 106 cm³/mol. The van der Waals surface area contributed by atoms with Crippen molar-refractivity contribution in [1.82, 2.24) is 0 Å². The highest BCUT2D eigenvalue weighted by atomic mass is 32.2. The van der Waals surface area contributed by atoms with E-state index in [1.54, 1.807) is 0 Å². The number of rotatable bonds is 6. The third-order valence-corrected chi connectivity index (χ3v) is 5.25. The summed E-state index contributed by atoms with van der Waals surface area (Å²) in [6.07, 6.45) is 0. The maximum Gasteiger partial charge on any atom is 0.193 e. The molecule has 1 unspecified atom stereocenters. The highest BCUT2D eigenvalue weighted by molar-refractivity contribution is 7.86. The van der Waals surface area contributed by atoms with Gasteiger partial charge in [-0.3, -0.25) is 9.20 Å². The number of para-hydroxylation sites is 1. The Kier molecular flexibility index (Phi) is 6.58. The third-order valence-electron chi connectivity index (χ3n) is 3.33. The zero-order chi connectivity index (χ0) is 18.3. The number of nitrogens with two attached hydrogens (primary N) is 1. The fourth-order valence-corrected chi connectivity index (χ4v) is 2.87. The lowest BCUT2D eigenvalue weighted by atomic mass is 10.3. The van der Waals surface area contributed by atoms with Gasteiger partial charge >= 0.3 is 0 Å². The van der Waals surface area contributed by atoms with E-state index in [9.17, 15) is 4.21 Å². The normalized spacial score (nSPS) is 13.3. The Morgan fingerprint density at radius 3 is 2.48 bits per heavy atom. The summed E-state index contributed by atoms with van der Waals surface area (Å²) in [5.74, 6) is 2.26. The van der Waals surface area contributed by atoms with Crippen molar-refractivity contribution in [3.05, 3.63) is 54.6 Å². The zero-order valence-corrected chi connectivity index (χ0v) is 15.7. The summed E-state index contributed by atoms with van der Waals surface area (Å²) in [7, 11) is -0.937. The van der Waals surface area contributed by atoms with Crippen LogP contribution in [0.2, 0.25) is 0 Å². The Hall–Kier alpha value is -2.34. The van der Waals surface area contributed by atoms with Crippen LogP contribution in [-0.4, -0.2) is 27.2 Å². The topological polar surface area (TPSA) is 76.7 Å². The van der Waals surface area contributed by atoms with E-state index >= 15 is 0 Å². The first-order chi connectivity index (χ1) is 11.8. The van der Waals surface area contributed by atoms with Gasteiger partial charge in [-0.15, -0.1) is 0 Å². The zero-order valence-electron chi connectivity index (χ0n) is 14.9. The largest absolute Gasteiger partial charge is 0.457 e. The van der Waals surface area contributed by atoms with Gasteiger partial charge in [-0.25, -0.2) is 0 Å². The molecule has 0 fully saturated rings. The van der Waals surface area contributed by atoms with Crippen LogP contribution < -0.4 is 15.8 Å². The van der Waals surface area contributed by atoms with E-state index < -0.39 is 10.8 Å². The van der Waals surface area contributed by atoms with Crippen molar-refractivity contribution >= 4 is 22.4 Å². The molecule has 0 saturated heterocycles. The minimum absolute atomic E-state index is 0.235. The minimum atomic E-state index is -0.937. The summed E-state index contributed by atoms with van der Waals surface area (Å²) < 4.78 is 17.5. The van der Waals surface area contributed by atoms with Gasteiger partial charge in [0.25, 0.3) is 0 Å². The van der Waals surface area contributed by atoms with Crippen LogP contribution >= 0.6 is 0 Å². The molecule has 134 valence electrons. The number of nitrogens with zero attached hydrogens (tertiary/aromatic N) is 1. The molecule has 0 amide bonds. The molecule has 0 aliphatic carbocycles. The highest BCUT2D eigenvalue weighted by Gasteiger charge is 2.18. The average Bonchev–Trinajstić information content (AvgIpc) is 2.55. The molecule has 3 N–H and O–H groups in total. The fourth-order valence-electron chi connectivity index (χ4n) is 2.00. The number of benzene rings is 2. The molecular weight excluding hydrogens is 334 g/mol. The van der Waals surface area contributed by atoms with Gasteiger partial charge in [-0.05, 0) is 45.0 Å². The third kappa shape index (κ3) is 6.58. The van der Waals surface area contributed by atoms with Gasteiger partial charge < -0.3 is 15.8 Å². The SMILES string of the molecule is CC(C)(C)S(=O)CCN=C(N)Nc1cccc(Oc2ccccc2)c1. The molecule has 0 heterocycles. The Labute approximate surface area is 151 Å². The Balaban J connectivity index is 1.92. The molecule has 0 aromatic heterocycles. The second-order valence-electron chi connectivity index (χ2n) is 6.50. The van der Waals surface area contributed by atoms with Gasteiger partial charge in [0.2, 0.25) is 0 Å². The molecule has 5 nitrogen and oxygen atoms in total. The van der Waals surface area contributed by atoms with Gasteiger partial charge in [0.05, 0.1) is 6.54 Å². The summed E-state index contributed by atoms with van der Waals surface area (Å²) in [6.45, 7) is 6.27. The molecule has 0 spiro atoms. The molecule has 6 heteroatoms. The van der Waals surface area contributed by atoms with Gasteiger partial charge in [0.1, 0.15) is 11.5 Å². The maximum absolute atomic E-state index is 12.0. The number of aliphatic imine (C=N–C) groups is 1. The van der Waals surface area contributed by atoms with Crippen LogP contribution in [0, 0.1) is 0 Å². The van der Waals surface area contributed by atoms with Gasteiger partial charge in [0.15, 0.2) is 5.96 Å². The van der Waals surface area contributed by atoms with Crippen LogP contribution in [0.1, 0.15) is 20.8 Å². The highest BCUT2D eigenvalue weighted by Crippen LogP contribution is 2.23. The molecule has 0 saturated carbocycles. The van der Waals surface area contributed by atoms with Crippen molar-refractivity contribution in [2.75, 3.05) is 17.6 Å². The number of hydrogen-bond donors (Lipinski definition) is 2.